The predicted molar refractivity (Wildman–Crippen MR) is 69.5 cm³/mol. The maximum Gasteiger partial charge on any atom is 0.258 e. The maximum atomic E-state index is 12.0. The van der Waals surface area contributed by atoms with Crippen molar-refractivity contribution >= 4 is 10.0 Å². The molecule has 1 atom stereocenters. The molecule has 102 valence electrons. The van der Waals surface area contributed by atoms with Crippen LogP contribution in [0.4, 0.5) is 0 Å². The standard InChI is InChI=1S/C12H20N2O3S/c1-12(2,3)8-10(9-15)14-18(16,17)11-6-4-5-7-13-11/h4-7,10,14-15H,8-9H2,1-3H3. The van der Waals surface area contributed by atoms with Crippen molar-refractivity contribution in [2.75, 3.05) is 6.61 Å². The number of aliphatic hydroxyl groups excluding tert-OH is 1. The minimum Gasteiger partial charge on any atom is -0.395 e. The number of pyridine rings is 1. The van der Waals surface area contributed by atoms with Crippen LogP contribution in [0.25, 0.3) is 0 Å². The fourth-order valence-electron chi connectivity index (χ4n) is 1.67. The lowest BCUT2D eigenvalue weighted by Gasteiger charge is -2.25. The molecule has 0 aliphatic heterocycles. The van der Waals surface area contributed by atoms with E-state index >= 15 is 0 Å². The molecule has 0 aliphatic carbocycles. The van der Waals surface area contributed by atoms with Crippen LogP contribution in [-0.2, 0) is 10.0 Å². The van der Waals surface area contributed by atoms with Gasteiger partial charge in [-0.05, 0) is 24.0 Å². The smallest absolute Gasteiger partial charge is 0.258 e. The van der Waals surface area contributed by atoms with E-state index in [1.165, 1.54) is 12.3 Å². The Morgan fingerprint density at radius 1 is 1.39 bits per heavy atom. The monoisotopic (exact) mass is 272 g/mol. The Hall–Kier alpha value is -0.980. The molecule has 0 radical (unpaired) electrons. The number of aromatic nitrogens is 1. The molecule has 6 heteroatoms. The predicted octanol–water partition coefficient (Wildman–Crippen LogP) is 1.16. The molecule has 1 aromatic heterocycles. The first-order valence-corrected chi connectivity index (χ1v) is 7.27. The molecule has 5 nitrogen and oxygen atoms in total. The molecule has 0 fully saturated rings. The van der Waals surface area contributed by atoms with Crippen molar-refractivity contribution in [1.82, 2.24) is 9.71 Å². The van der Waals surface area contributed by atoms with E-state index in [4.69, 9.17) is 0 Å². The van der Waals surface area contributed by atoms with Gasteiger partial charge in [0, 0.05) is 12.2 Å². The largest absolute Gasteiger partial charge is 0.395 e. The third-order valence-corrected chi connectivity index (χ3v) is 3.75. The summed E-state index contributed by atoms with van der Waals surface area (Å²) in [5.74, 6) is 0. The first-order valence-electron chi connectivity index (χ1n) is 5.79. The van der Waals surface area contributed by atoms with Gasteiger partial charge in [0.05, 0.1) is 6.61 Å². The molecule has 0 saturated heterocycles. The van der Waals surface area contributed by atoms with Crippen LogP contribution in [0.3, 0.4) is 0 Å². The van der Waals surface area contributed by atoms with Gasteiger partial charge >= 0.3 is 0 Å². The van der Waals surface area contributed by atoms with E-state index in [9.17, 15) is 13.5 Å². The second kappa shape index (κ2) is 5.77. The van der Waals surface area contributed by atoms with E-state index in [1.807, 2.05) is 20.8 Å². The highest BCUT2D eigenvalue weighted by atomic mass is 32.2. The zero-order valence-corrected chi connectivity index (χ0v) is 11.7. The Balaban J connectivity index is 2.82. The summed E-state index contributed by atoms with van der Waals surface area (Å²) in [5, 5.41) is 9.22. The van der Waals surface area contributed by atoms with E-state index in [-0.39, 0.29) is 17.0 Å². The van der Waals surface area contributed by atoms with Gasteiger partial charge in [0.1, 0.15) is 0 Å². The van der Waals surface area contributed by atoms with Crippen LogP contribution in [0.1, 0.15) is 27.2 Å². The van der Waals surface area contributed by atoms with Gasteiger partial charge in [-0.1, -0.05) is 26.8 Å². The summed E-state index contributed by atoms with van der Waals surface area (Å²) in [7, 11) is -3.67. The van der Waals surface area contributed by atoms with E-state index < -0.39 is 16.1 Å². The highest BCUT2D eigenvalue weighted by Gasteiger charge is 2.24. The van der Waals surface area contributed by atoms with Crippen LogP contribution in [0.5, 0.6) is 0 Å². The van der Waals surface area contributed by atoms with Gasteiger partial charge in [0.25, 0.3) is 10.0 Å². The average molecular weight is 272 g/mol. The van der Waals surface area contributed by atoms with Crippen molar-refractivity contribution in [1.29, 1.82) is 0 Å². The molecule has 2 N–H and O–H groups in total. The fourth-order valence-corrected chi connectivity index (χ4v) is 2.84. The van der Waals surface area contributed by atoms with Gasteiger partial charge in [-0.25, -0.2) is 18.1 Å². The number of aliphatic hydroxyl groups is 1. The van der Waals surface area contributed by atoms with Crippen LogP contribution in [0, 0.1) is 5.41 Å². The lowest BCUT2D eigenvalue weighted by molar-refractivity contribution is 0.214. The molecule has 0 spiro atoms. The third-order valence-electron chi connectivity index (χ3n) is 2.31. The number of rotatable bonds is 5. The summed E-state index contributed by atoms with van der Waals surface area (Å²) in [6, 6.07) is 4.18. The van der Waals surface area contributed by atoms with Gasteiger partial charge < -0.3 is 5.11 Å². The molecule has 0 aromatic carbocycles. The van der Waals surface area contributed by atoms with Gasteiger partial charge in [-0.15, -0.1) is 0 Å². The number of hydrogen-bond donors (Lipinski definition) is 2. The molecular weight excluding hydrogens is 252 g/mol. The molecule has 0 saturated carbocycles. The minimum atomic E-state index is -3.67. The Bertz CT molecular complexity index is 466. The van der Waals surface area contributed by atoms with Crippen molar-refractivity contribution < 1.29 is 13.5 Å². The molecule has 0 amide bonds. The third kappa shape index (κ3) is 4.72. The number of nitrogens with one attached hydrogen (secondary N) is 1. The van der Waals surface area contributed by atoms with Crippen LogP contribution in [0.2, 0.25) is 0 Å². The van der Waals surface area contributed by atoms with Crippen molar-refractivity contribution in [2.24, 2.45) is 5.41 Å². The molecular formula is C12H20N2O3S. The van der Waals surface area contributed by atoms with Gasteiger partial charge in [0.2, 0.25) is 0 Å². The maximum absolute atomic E-state index is 12.0. The highest BCUT2D eigenvalue weighted by Crippen LogP contribution is 2.21. The normalized spacial score (nSPS) is 14.4. The van der Waals surface area contributed by atoms with Gasteiger partial charge in [-0.3, -0.25) is 0 Å². The zero-order chi connectivity index (χ0) is 13.8. The summed E-state index contributed by atoms with van der Waals surface area (Å²) in [6.07, 6.45) is 1.97. The second-order valence-corrected chi connectivity index (χ2v) is 7.09. The lowest BCUT2D eigenvalue weighted by atomic mass is 9.89. The van der Waals surface area contributed by atoms with Gasteiger partial charge in [-0.2, -0.15) is 0 Å². The molecule has 1 heterocycles. The quantitative estimate of drug-likeness (QED) is 0.843. The summed E-state index contributed by atoms with van der Waals surface area (Å²) >= 11 is 0. The van der Waals surface area contributed by atoms with E-state index in [0.29, 0.717) is 6.42 Å². The van der Waals surface area contributed by atoms with Crippen LogP contribution in [0.15, 0.2) is 29.4 Å². The molecule has 18 heavy (non-hydrogen) atoms. The Morgan fingerprint density at radius 2 is 2.06 bits per heavy atom. The van der Waals surface area contributed by atoms with Crippen LogP contribution < -0.4 is 4.72 Å². The highest BCUT2D eigenvalue weighted by molar-refractivity contribution is 7.89. The fraction of sp³-hybridized carbons (Fsp3) is 0.583. The summed E-state index contributed by atoms with van der Waals surface area (Å²) in [4.78, 5) is 3.80. The van der Waals surface area contributed by atoms with Crippen molar-refractivity contribution in [3.63, 3.8) is 0 Å². The van der Waals surface area contributed by atoms with Crippen LogP contribution in [-0.4, -0.2) is 31.2 Å². The number of nitrogens with zero attached hydrogens (tertiary/aromatic N) is 1. The Kier molecular flexibility index (Phi) is 4.84. The summed E-state index contributed by atoms with van der Waals surface area (Å²) in [6.45, 7) is 5.74. The summed E-state index contributed by atoms with van der Waals surface area (Å²) < 4.78 is 26.5. The molecule has 1 rings (SSSR count). The van der Waals surface area contributed by atoms with Crippen molar-refractivity contribution in [3.8, 4) is 0 Å². The molecule has 1 unspecified atom stereocenters. The van der Waals surface area contributed by atoms with E-state index in [0.717, 1.165) is 0 Å². The molecule has 1 aromatic rings. The second-order valence-electron chi connectivity index (χ2n) is 5.43. The van der Waals surface area contributed by atoms with E-state index in [1.54, 1.807) is 12.1 Å². The van der Waals surface area contributed by atoms with Crippen LogP contribution >= 0.6 is 0 Å². The average Bonchev–Trinajstić information content (AvgIpc) is 2.27. The number of hydrogen-bond acceptors (Lipinski definition) is 4. The minimum absolute atomic E-state index is 0.0302. The zero-order valence-electron chi connectivity index (χ0n) is 10.9. The first-order chi connectivity index (χ1) is 8.24. The Morgan fingerprint density at radius 3 is 2.50 bits per heavy atom. The molecule has 0 aliphatic rings. The van der Waals surface area contributed by atoms with E-state index in [2.05, 4.69) is 9.71 Å². The SMILES string of the molecule is CC(C)(C)CC(CO)NS(=O)(=O)c1ccccn1. The first kappa shape index (κ1) is 15.1. The summed E-state index contributed by atoms with van der Waals surface area (Å²) in [5.41, 5.74) is -0.0694. The number of sulfonamides is 1. The lowest BCUT2D eigenvalue weighted by Crippen LogP contribution is -2.40. The Labute approximate surface area is 108 Å². The van der Waals surface area contributed by atoms with Gasteiger partial charge in [0.15, 0.2) is 5.03 Å². The topological polar surface area (TPSA) is 79.3 Å². The van der Waals surface area contributed by atoms with Crippen molar-refractivity contribution in [3.05, 3.63) is 24.4 Å². The molecule has 0 bridgehead atoms. The van der Waals surface area contributed by atoms with Crippen molar-refractivity contribution in [2.45, 2.75) is 38.3 Å².